The number of carboxylic acid groups (broad SMARTS) is 1. The smallest absolute Gasteiger partial charge is 0.328 e. The van der Waals surface area contributed by atoms with Crippen molar-refractivity contribution in [2.45, 2.75) is 38.6 Å². The van der Waals surface area contributed by atoms with Crippen LogP contribution >= 0.6 is 0 Å². The average Bonchev–Trinajstić information content (AvgIpc) is 3.10. The van der Waals surface area contributed by atoms with E-state index in [0.717, 1.165) is 22.9 Å². The quantitative estimate of drug-likeness (QED) is 0.747. The van der Waals surface area contributed by atoms with Crippen molar-refractivity contribution < 1.29 is 19.4 Å². The topological polar surface area (TPSA) is 55.8 Å². The number of benzene rings is 2. The summed E-state index contributed by atoms with van der Waals surface area (Å²) in [6, 6.07) is 12.5. The van der Waals surface area contributed by atoms with Gasteiger partial charge in [0.05, 0.1) is 18.3 Å². The van der Waals surface area contributed by atoms with Crippen molar-refractivity contribution >= 4 is 22.3 Å². The normalized spacial score (nSPS) is 24.0. The van der Waals surface area contributed by atoms with Crippen LogP contribution in [0, 0.1) is 5.92 Å². The maximum atomic E-state index is 10.8. The van der Waals surface area contributed by atoms with Crippen LogP contribution in [0.25, 0.3) is 16.3 Å². The lowest BCUT2D eigenvalue weighted by Crippen LogP contribution is -2.17. The zero-order valence-corrected chi connectivity index (χ0v) is 16.0. The van der Waals surface area contributed by atoms with Gasteiger partial charge in [0, 0.05) is 17.4 Å². The fourth-order valence-corrected chi connectivity index (χ4v) is 4.10. The number of rotatable bonds is 5. The minimum absolute atomic E-state index is 0.0335. The Balaban J connectivity index is 1.71. The first-order valence-electron chi connectivity index (χ1n) is 9.66. The van der Waals surface area contributed by atoms with Crippen molar-refractivity contribution in [1.82, 2.24) is 0 Å². The molecule has 0 radical (unpaired) electrons. The van der Waals surface area contributed by atoms with Crippen LogP contribution in [0.4, 0.5) is 0 Å². The van der Waals surface area contributed by atoms with Crippen LogP contribution in [-0.2, 0) is 9.53 Å². The first-order chi connectivity index (χ1) is 13.5. The predicted octanol–water partition coefficient (Wildman–Crippen LogP) is 4.99. The predicted molar refractivity (Wildman–Crippen MR) is 110 cm³/mol. The first-order valence-corrected chi connectivity index (χ1v) is 9.66. The second kappa shape index (κ2) is 7.64. The Bertz CT molecular complexity index is 983. The summed E-state index contributed by atoms with van der Waals surface area (Å²) in [6.45, 7) is 4.06. The van der Waals surface area contributed by atoms with E-state index >= 15 is 0 Å². The summed E-state index contributed by atoms with van der Waals surface area (Å²) < 4.78 is 12.1. The molecule has 4 nitrogen and oxygen atoms in total. The third-order valence-electron chi connectivity index (χ3n) is 5.20. The molecule has 28 heavy (non-hydrogen) atoms. The van der Waals surface area contributed by atoms with Gasteiger partial charge in [0.2, 0.25) is 0 Å². The van der Waals surface area contributed by atoms with Gasteiger partial charge < -0.3 is 14.6 Å². The summed E-state index contributed by atoms with van der Waals surface area (Å²) in [5, 5.41) is 11.1. The van der Waals surface area contributed by atoms with Crippen LogP contribution < -0.4 is 4.74 Å². The molecule has 1 aliphatic heterocycles. The van der Waals surface area contributed by atoms with Gasteiger partial charge in [0.15, 0.2) is 0 Å². The lowest BCUT2D eigenvalue weighted by molar-refractivity contribution is -0.131. The Morgan fingerprint density at radius 1 is 1.21 bits per heavy atom. The highest BCUT2D eigenvalue weighted by molar-refractivity contribution is 5.98. The van der Waals surface area contributed by atoms with E-state index in [9.17, 15) is 4.79 Å². The van der Waals surface area contributed by atoms with Crippen molar-refractivity contribution in [2.75, 3.05) is 0 Å². The molecule has 0 saturated carbocycles. The third-order valence-corrected chi connectivity index (χ3v) is 5.20. The Morgan fingerprint density at radius 2 is 2.00 bits per heavy atom. The number of carboxylic acids is 1. The molecule has 1 heterocycles. The monoisotopic (exact) mass is 376 g/mol. The van der Waals surface area contributed by atoms with Gasteiger partial charge in [0.1, 0.15) is 5.75 Å². The molecular weight excluding hydrogens is 352 g/mol. The fraction of sp³-hybridized carbons (Fsp3) is 0.292. The fourth-order valence-electron chi connectivity index (χ4n) is 4.10. The summed E-state index contributed by atoms with van der Waals surface area (Å²) in [5.74, 6) is 0.146. The largest absolute Gasteiger partial charge is 0.490 e. The second-order valence-corrected chi connectivity index (χ2v) is 7.51. The average molecular weight is 376 g/mol. The number of allylic oxidation sites excluding steroid dienone is 2. The molecule has 1 saturated heterocycles. The molecule has 4 heteroatoms. The van der Waals surface area contributed by atoms with E-state index in [1.165, 1.54) is 17.2 Å². The van der Waals surface area contributed by atoms with Crippen molar-refractivity contribution in [3.63, 3.8) is 0 Å². The number of hydrogen-bond donors (Lipinski definition) is 1. The van der Waals surface area contributed by atoms with Crippen LogP contribution in [0.3, 0.4) is 0 Å². The van der Waals surface area contributed by atoms with Crippen LogP contribution in [0.1, 0.15) is 25.8 Å². The van der Waals surface area contributed by atoms with Crippen LogP contribution in [0.5, 0.6) is 5.75 Å². The molecule has 0 spiro atoms. The molecule has 2 aliphatic rings. The van der Waals surface area contributed by atoms with Crippen LogP contribution in [0.2, 0.25) is 0 Å². The highest BCUT2D eigenvalue weighted by Crippen LogP contribution is 2.43. The van der Waals surface area contributed by atoms with E-state index < -0.39 is 5.97 Å². The molecule has 2 aromatic carbocycles. The van der Waals surface area contributed by atoms with Gasteiger partial charge in [-0.05, 0) is 48.9 Å². The van der Waals surface area contributed by atoms with Crippen LogP contribution in [0.15, 0.2) is 66.8 Å². The van der Waals surface area contributed by atoms with E-state index in [-0.39, 0.29) is 24.2 Å². The summed E-state index contributed by atoms with van der Waals surface area (Å²) in [5.41, 5.74) is 2.41. The van der Waals surface area contributed by atoms with Gasteiger partial charge in [-0.25, -0.2) is 4.79 Å². The Kier molecular flexibility index (Phi) is 5.05. The number of aliphatic carboxylic acids is 1. The summed E-state index contributed by atoms with van der Waals surface area (Å²) in [6.07, 6.45) is 9.71. The standard InChI is InChI=1S/C24H24O4/c1-15(2)27-23-12-11-19(17-6-3-4-7-20(17)23)18-8-5-9-22-21(18)14-16(28-22)10-13-24(25)26/h3-13,15-16,21-22H,14H2,1-2H3,(H,25,26). The van der Waals surface area contributed by atoms with Gasteiger partial charge in [-0.1, -0.05) is 48.6 Å². The Morgan fingerprint density at radius 3 is 2.75 bits per heavy atom. The molecule has 0 amide bonds. The number of carbonyl (C=O) groups is 1. The summed E-state index contributed by atoms with van der Waals surface area (Å²) >= 11 is 0. The molecule has 3 unspecified atom stereocenters. The van der Waals surface area contributed by atoms with E-state index in [0.29, 0.717) is 0 Å². The van der Waals surface area contributed by atoms with Crippen molar-refractivity contribution in [3.8, 4) is 5.75 Å². The molecule has 3 atom stereocenters. The van der Waals surface area contributed by atoms with Crippen LogP contribution in [-0.4, -0.2) is 29.4 Å². The zero-order chi connectivity index (χ0) is 19.7. The SMILES string of the molecule is CC(C)Oc1ccc(C2=CC=CC3OC(C=CC(=O)O)CC23)c2ccccc12. The van der Waals surface area contributed by atoms with E-state index in [1.807, 2.05) is 38.1 Å². The Hall–Kier alpha value is -2.85. The van der Waals surface area contributed by atoms with E-state index in [2.05, 4.69) is 30.4 Å². The summed E-state index contributed by atoms with van der Waals surface area (Å²) in [4.78, 5) is 10.8. The molecule has 1 aliphatic carbocycles. The second-order valence-electron chi connectivity index (χ2n) is 7.51. The van der Waals surface area contributed by atoms with Crippen molar-refractivity contribution in [2.24, 2.45) is 5.92 Å². The van der Waals surface area contributed by atoms with Crippen molar-refractivity contribution in [1.29, 1.82) is 0 Å². The van der Waals surface area contributed by atoms with Gasteiger partial charge >= 0.3 is 5.97 Å². The highest BCUT2D eigenvalue weighted by atomic mass is 16.5. The molecule has 0 bridgehead atoms. The molecule has 4 rings (SSSR count). The minimum Gasteiger partial charge on any atom is -0.490 e. The van der Waals surface area contributed by atoms with Gasteiger partial charge in [-0.3, -0.25) is 0 Å². The van der Waals surface area contributed by atoms with E-state index in [4.69, 9.17) is 14.6 Å². The summed E-state index contributed by atoms with van der Waals surface area (Å²) in [7, 11) is 0. The zero-order valence-electron chi connectivity index (χ0n) is 16.0. The maximum Gasteiger partial charge on any atom is 0.328 e. The lowest BCUT2D eigenvalue weighted by atomic mass is 9.81. The lowest BCUT2D eigenvalue weighted by Gasteiger charge is -2.24. The molecule has 1 N–H and O–H groups in total. The van der Waals surface area contributed by atoms with Gasteiger partial charge in [-0.2, -0.15) is 0 Å². The van der Waals surface area contributed by atoms with Gasteiger partial charge in [0.25, 0.3) is 0 Å². The maximum absolute atomic E-state index is 10.8. The van der Waals surface area contributed by atoms with Gasteiger partial charge in [-0.15, -0.1) is 0 Å². The van der Waals surface area contributed by atoms with E-state index in [1.54, 1.807) is 6.08 Å². The molecular formula is C24H24O4. The molecule has 144 valence electrons. The number of hydrogen-bond acceptors (Lipinski definition) is 3. The number of fused-ring (bicyclic) bond motifs is 2. The third kappa shape index (κ3) is 3.60. The van der Waals surface area contributed by atoms with Crippen molar-refractivity contribution in [3.05, 3.63) is 72.3 Å². The molecule has 1 fully saturated rings. The highest BCUT2D eigenvalue weighted by Gasteiger charge is 2.37. The Labute approximate surface area is 164 Å². The molecule has 0 aromatic heterocycles. The number of ether oxygens (including phenoxy) is 2. The first kappa shape index (κ1) is 18.5. The molecule has 2 aromatic rings. The minimum atomic E-state index is -0.948.